The van der Waals surface area contributed by atoms with Crippen LogP contribution in [0.15, 0.2) is 35.0 Å². The van der Waals surface area contributed by atoms with E-state index in [1.807, 2.05) is 17.7 Å². The lowest BCUT2D eigenvalue weighted by Crippen LogP contribution is -2.26. The van der Waals surface area contributed by atoms with Crippen LogP contribution in [0.5, 0.6) is 0 Å². The molecule has 4 nitrogen and oxygen atoms in total. The Morgan fingerprint density at radius 2 is 1.79 bits per heavy atom. The van der Waals surface area contributed by atoms with Gasteiger partial charge in [-0.1, -0.05) is 0 Å². The number of anilines is 1. The fraction of sp³-hybridized carbons (Fsp3) is 0.143. The fourth-order valence-corrected chi connectivity index (χ4v) is 2.53. The number of carbonyl (C=O) groups excluding carboxylic acids is 1. The number of hydrogen-bond donors (Lipinski definition) is 1. The van der Waals surface area contributed by atoms with Crippen LogP contribution >= 0.6 is 11.3 Å². The lowest BCUT2D eigenvalue weighted by atomic mass is 10.1. The standard InChI is InChI=1S/C14H13NO3S/c1-9-7-19-8-12(9)13(16)15(2)11-5-3-10(4-6-11)14(17)18/h3-8H,1-2H3,(H,17,18). The maximum atomic E-state index is 12.3. The third kappa shape index (κ3) is 2.66. The topological polar surface area (TPSA) is 57.6 Å². The molecule has 0 fully saturated rings. The van der Waals surface area contributed by atoms with Crippen LogP contribution < -0.4 is 4.90 Å². The first kappa shape index (κ1) is 13.3. The highest BCUT2D eigenvalue weighted by Gasteiger charge is 2.16. The lowest BCUT2D eigenvalue weighted by Gasteiger charge is -2.17. The summed E-state index contributed by atoms with van der Waals surface area (Å²) in [6.07, 6.45) is 0. The van der Waals surface area contributed by atoms with Crippen LogP contribution in [-0.4, -0.2) is 24.0 Å². The Morgan fingerprint density at radius 1 is 1.16 bits per heavy atom. The summed E-state index contributed by atoms with van der Waals surface area (Å²) in [4.78, 5) is 24.5. The van der Waals surface area contributed by atoms with Crippen LogP contribution in [0.4, 0.5) is 5.69 Å². The van der Waals surface area contributed by atoms with E-state index < -0.39 is 5.97 Å². The number of hydrogen-bond acceptors (Lipinski definition) is 3. The molecule has 0 radical (unpaired) electrons. The predicted octanol–water partition coefficient (Wildman–Crippen LogP) is 3.03. The molecule has 0 aliphatic heterocycles. The van der Waals surface area contributed by atoms with Crippen molar-refractivity contribution in [3.8, 4) is 0 Å². The summed E-state index contributed by atoms with van der Waals surface area (Å²) >= 11 is 1.49. The van der Waals surface area contributed by atoms with Crippen LogP contribution in [0.2, 0.25) is 0 Å². The molecule has 0 aliphatic rings. The quantitative estimate of drug-likeness (QED) is 0.936. The van der Waals surface area contributed by atoms with E-state index in [1.54, 1.807) is 19.2 Å². The van der Waals surface area contributed by atoms with Gasteiger partial charge in [0.1, 0.15) is 0 Å². The second-order valence-electron chi connectivity index (χ2n) is 4.18. The van der Waals surface area contributed by atoms with Crippen LogP contribution in [0.3, 0.4) is 0 Å². The van der Waals surface area contributed by atoms with Crippen LogP contribution in [-0.2, 0) is 0 Å². The average Bonchev–Trinajstić information content (AvgIpc) is 2.83. The number of carboxylic acid groups (broad SMARTS) is 1. The first-order chi connectivity index (χ1) is 9.00. The number of aryl methyl sites for hydroxylation is 1. The Hall–Kier alpha value is -2.14. The smallest absolute Gasteiger partial charge is 0.335 e. The van der Waals surface area contributed by atoms with E-state index in [4.69, 9.17) is 5.11 Å². The SMILES string of the molecule is Cc1cscc1C(=O)N(C)c1ccc(C(=O)O)cc1. The molecule has 2 aromatic rings. The van der Waals surface area contributed by atoms with E-state index in [2.05, 4.69) is 0 Å². The van der Waals surface area contributed by atoms with Crippen LogP contribution in [0.25, 0.3) is 0 Å². The Kier molecular flexibility index (Phi) is 3.66. The van der Waals surface area contributed by atoms with E-state index in [0.29, 0.717) is 11.3 Å². The maximum absolute atomic E-state index is 12.3. The number of carboxylic acids is 1. The first-order valence-corrected chi connectivity index (χ1v) is 6.59. The van der Waals surface area contributed by atoms with Crippen molar-refractivity contribution in [3.63, 3.8) is 0 Å². The number of aromatic carboxylic acids is 1. The maximum Gasteiger partial charge on any atom is 0.335 e. The van der Waals surface area contributed by atoms with Crippen molar-refractivity contribution in [1.82, 2.24) is 0 Å². The molecular weight excluding hydrogens is 262 g/mol. The third-order valence-corrected chi connectivity index (χ3v) is 3.75. The molecule has 1 heterocycles. The highest BCUT2D eigenvalue weighted by atomic mass is 32.1. The molecule has 98 valence electrons. The molecule has 0 spiro atoms. The fourth-order valence-electron chi connectivity index (χ4n) is 1.71. The molecule has 0 bridgehead atoms. The van der Waals surface area contributed by atoms with Crippen molar-refractivity contribution >= 4 is 28.9 Å². The lowest BCUT2D eigenvalue weighted by molar-refractivity contribution is 0.0696. The van der Waals surface area contributed by atoms with Gasteiger partial charge in [0.25, 0.3) is 5.91 Å². The van der Waals surface area contributed by atoms with Crippen molar-refractivity contribution in [3.05, 3.63) is 51.7 Å². The molecule has 2 rings (SSSR count). The molecule has 0 atom stereocenters. The number of amides is 1. The number of thiophene rings is 1. The summed E-state index contributed by atoms with van der Waals surface area (Å²) in [6, 6.07) is 6.23. The van der Waals surface area contributed by atoms with Gasteiger partial charge >= 0.3 is 5.97 Å². The zero-order valence-electron chi connectivity index (χ0n) is 10.6. The molecule has 5 heteroatoms. The molecule has 1 N–H and O–H groups in total. The molecule has 19 heavy (non-hydrogen) atoms. The van der Waals surface area contributed by atoms with Crippen molar-refractivity contribution in [2.45, 2.75) is 6.92 Å². The van der Waals surface area contributed by atoms with Crippen LogP contribution in [0.1, 0.15) is 26.3 Å². The van der Waals surface area contributed by atoms with Gasteiger partial charge in [-0.25, -0.2) is 4.79 Å². The summed E-state index contributed by atoms with van der Waals surface area (Å²) in [7, 11) is 1.68. The Bertz CT molecular complexity index is 616. The molecule has 1 aromatic heterocycles. The molecule has 1 aromatic carbocycles. The Labute approximate surface area is 114 Å². The van der Waals surface area contributed by atoms with Crippen molar-refractivity contribution in [2.75, 3.05) is 11.9 Å². The summed E-state index contributed by atoms with van der Waals surface area (Å²) < 4.78 is 0. The average molecular weight is 275 g/mol. The van der Waals surface area contributed by atoms with Gasteiger partial charge < -0.3 is 10.0 Å². The zero-order chi connectivity index (χ0) is 14.0. The van der Waals surface area contributed by atoms with Crippen molar-refractivity contribution < 1.29 is 14.7 Å². The van der Waals surface area contributed by atoms with Gasteiger partial charge in [0.05, 0.1) is 11.1 Å². The number of nitrogens with zero attached hydrogens (tertiary/aromatic N) is 1. The van der Waals surface area contributed by atoms with Gasteiger partial charge in [-0.05, 0) is 42.1 Å². The summed E-state index contributed by atoms with van der Waals surface area (Å²) in [5.41, 5.74) is 2.50. The Morgan fingerprint density at radius 3 is 2.26 bits per heavy atom. The minimum atomic E-state index is -0.978. The summed E-state index contributed by atoms with van der Waals surface area (Å²) in [5, 5.41) is 12.6. The minimum Gasteiger partial charge on any atom is -0.478 e. The number of rotatable bonds is 3. The van der Waals surface area contributed by atoms with Gasteiger partial charge in [0.2, 0.25) is 0 Å². The van der Waals surface area contributed by atoms with E-state index in [9.17, 15) is 9.59 Å². The highest BCUT2D eigenvalue weighted by Crippen LogP contribution is 2.20. The predicted molar refractivity (Wildman–Crippen MR) is 75.2 cm³/mol. The number of carbonyl (C=O) groups is 2. The molecule has 0 saturated heterocycles. The van der Waals surface area contributed by atoms with Crippen molar-refractivity contribution in [1.29, 1.82) is 0 Å². The first-order valence-electron chi connectivity index (χ1n) is 5.65. The molecular formula is C14H13NO3S. The largest absolute Gasteiger partial charge is 0.478 e. The van der Waals surface area contributed by atoms with E-state index in [-0.39, 0.29) is 11.5 Å². The zero-order valence-corrected chi connectivity index (χ0v) is 11.4. The molecule has 0 aliphatic carbocycles. The van der Waals surface area contributed by atoms with Gasteiger partial charge in [-0.15, -0.1) is 0 Å². The molecule has 1 amide bonds. The molecule has 0 saturated carbocycles. The van der Waals surface area contributed by atoms with E-state index in [1.165, 1.54) is 28.4 Å². The second-order valence-corrected chi connectivity index (χ2v) is 4.93. The van der Waals surface area contributed by atoms with Gasteiger partial charge in [0, 0.05) is 18.1 Å². The molecule has 0 unspecified atom stereocenters. The van der Waals surface area contributed by atoms with Gasteiger partial charge in [-0.2, -0.15) is 11.3 Å². The van der Waals surface area contributed by atoms with E-state index >= 15 is 0 Å². The normalized spacial score (nSPS) is 10.2. The summed E-state index contributed by atoms with van der Waals surface area (Å²) in [5.74, 6) is -1.07. The van der Waals surface area contributed by atoms with E-state index in [0.717, 1.165) is 5.56 Å². The highest BCUT2D eigenvalue weighted by molar-refractivity contribution is 7.08. The Balaban J connectivity index is 2.24. The third-order valence-electron chi connectivity index (χ3n) is 2.89. The van der Waals surface area contributed by atoms with Crippen molar-refractivity contribution in [2.24, 2.45) is 0 Å². The monoisotopic (exact) mass is 275 g/mol. The van der Waals surface area contributed by atoms with Gasteiger partial charge in [0.15, 0.2) is 0 Å². The van der Waals surface area contributed by atoms with Crippen LogP contribution in [0, 0.1) is 6.92 Å². The van der Waals surface area contributed by atoms with Gasteiger partial charge in [-0.3, -0.25) is 4.79 Å². The summed E-state index contributed by atoms with van der Waals surface area (Å²) in [6.45, 7) is 1.89. The second kappa shape index (κ2) is 5.24. The number of benzene rings is 1. The minimum absolute atomic E-state index is 0.0955.